The van der Waals surface area contributed by atoms with Gasteiger partial charge in [0.25, 0.3) is 5.91 Å². The monoisotopic (exact) mass is 372 g/mol. The van der Waals surface area contributed by atoms with Crippen LogP contribution in [0.15, 0.2) is 48.5 Å². The Labute approximate surface area is 156 Å². The zero-order valence-electron chi connectivity index (χ0n) is 14.6. The minimum atomic E-state index is -0.349. The Bertz CT molecular complexity index is 982. The van der Waals surface area contributed by atoms with Gasteiger partial charge in [0.1, 0.15) is 11.6 Å². The number of aryl methyl sites for hydroxylation is 1. The maximum absolute atomic E-state index is 14.2. The summed E-state index contributed by atoms with van der Waals surface area (Å²) in [6.07, 6.45) is 0. The van der Waals surface area contributed by atoms with E-state index in [1.165, 1.54) is 13.2 Å². The zero-order chi connectivity index (χ0) is 18.8. The Kier molecular flexibility index (Phi) is 5.00. The first-order valence-electron chi connectivity index (χ1n) is 8.01. The van der Waals surface area contributed by atoms with E-state index in [2.05, 4.69) is 5.32 Å². The van der Waals surface area contributed by atoms with Crippen LogP contribution in [-0.4, -0.2) is 17.6 Å². The molecule has 1 N–H and O–H groups in total. The van der Waals surface area contributed by atoms with E-state index in [0.29, 0.717) is 33.4 Å². The lowest BCUT2D eigenvalue weighted by Crippen LogP contribution is -2.14. The van der Waals surface area contributed by atoms with Gasteiger partial charge in [-0.2, -0.15) is 0 Å². The number of nitrogens with one attached hydrogen (secondary N) is 1. The Morgan fingerprint density at radius 2 is 1.88 bits per heavy atom. The third-order valence-electron chi connectivity index (χ3n) is 4.18. The SMILES string of the molecule is COc1ccc(Cl)cc1NC(=O)c1cc(C)n(-c2ccccc2F)c1C. The van der Waals surface area contributed by atoms with Crippen molar-refractivity contribution >= 4 is 23.2 Å². The highest BCUT2D eigenvalue weighted by atomic mass is 35.5. The van der Waals surface area contributed by atoms with Gasteiger partial charge in [-0.3, -0.25) is 4.79 Å². The number of halogens is 2. The van der Waals surface area contributed by atoms with E-state index in [9.17, 15) is 9.18 Å². The van der Waals surface area contributed by atoms with Crippen LogP contribution in [-0.2, 0) is 0 Å². The quantitative estimate of drug-likeness (QED) is 0.688. The third kappa shape index (κ3) is 3.30. The fourth-order valence-electron chi connectivity index (χ4n) is 2.96. The van der Waals surface area contributed by atoms with Crippen molar-refractivity contribution in [3.63, 3.8) is 0 Å². The highest BCUT2D eigenvalue weighted by Crippen LogP contribution is 2.29. The number of rotatable bonds is 4. The second-order valence-corrected chi connectivity index (χ2v) is 6.31. The van der Waals surface area contributed by atoms with E-state index in [1.54, 1.807) is 54.0 Å². The molecule has 26 heavy (non-hydrogen) atoms. The molecule has 0 atom stereocenters. The van der Waals surface area contributed by atoms with Gasteiger partial charge in [-0.15, -0.1) is 0 Å². The average molecular weight is 373 g/mol. The molecule has 0 bridgehead atoms. The van der Waals surface area contributed by atoms with E-state index in [4.69, 9.17) is 16.3 Å². The molecule has 0 aliphatic rings. The summed E-state index contributed by atoms with van der Waals surface area (Å²) >= 11 is 6.01. The molecular formula is C20H18ClFN2O2. The van der Waals surface area contributed by atoms with Crippen molar-refractivity contribution in [3.05, 3.63) is 76.3 Å². The van der Waals surface area contributed by atoms with E-state index >= 15 is 0 Å². The number of nitrogens with zero attached hydrogens (tertiary/aromatic N) is 1. The molecule has 0 aliphatic heterocycles. The Morgan fingerprint density at radius 1 is 1.15 bits per heavy atom. The topological polar surface area (TPSA) is 43.3 Å². The zero-order valence-corrected chi connectivity index (χ0v) is 15.4. The highest BCUT2D eigenvalue weighted by Gasteiger charge is 2.19. The molecule has 4 nitrogen and oxygen atoms in total. The summed E-state index contributed by atoms with van der Waals surface area (Å²) < 4.78 is 21.2. The average Bonchev–Trinajstić information content (AvgIpc) is 2.90. The number of carbonyl (C=O) groups is 1. The molecular weight excluding hydrogens is 355 g/mol. The molecule has 1 aromatic heterocycles. The number of methoxy groups -OCH3 is 1. The summed E-state index contributed by atoms with van der Waals surface area (Å²) in [4.78, 5) is 12.8. The predicted molar refractivity (Wildman–Crippen MR) is 101 cm³/mol. The molecule has 3 aromatic rings. The minimum Gasteiger partial charge on any atom is -0.495 e. The summed E-state index contributed by atoms with van der Waals surface area (Å²) in [6.45, 7) is 3.61. The number of benzene rings is 2. The highest BCUT2D eigenvalue weighted by molar-refractivity contribution is 6.31. The summed E-state index contributed by atoms with van der Waals surface area (Å²) in [6, 6.07) is 13.2. The molecule has 0 unspecified atom stereocenters. The maximum atomic E-state index is 14.2. The van der Waals surface area contributed by atoms with Crippen molar-refractivity contribution in [1.82, 2.24) is 4.57 Å². The van der Waals surface area contributed by atoms with Gasteiger partial charge in [0.2, 0.25) is 0 Å². The van der Waals surface area contributed by atoms with Crippen LogP contribution in [0.25, 0.3) is 5.69 Å². The van der Waals surface area contributed by atoms with Gasteiger partial charge < -0.3 is 14.6 Å². The van der Waals surface area contributed by atoms with Crippen LogP contribution >= 0.6 is 11.6 Å². The second-order valence-electron chi connectivity index (χ2n) is 5.87. The fraction of sp³-hybridized carbons (Fsp3) is 0.150. The number of amides is 1. The molecule has 0 spiro atoms. The van der Waals surface area contributed by atoms with Crippen LogP contribution in [0.3, 0.4) is 0 Å². The van der Waals surface area contributed by atoms with E-state index in [-0.39, 0.29) is 11.7 Å². The van der Waals surface area contributed by atoms with Gasteiger partial charge in [0.05, 0.1) is 24.0 Å². The number of ether oxygens (including phenoxy) is 1. The Balaban J connectivity index is 1.99. The standard InChI is InChI=1S/C20H18ClFN2O2/c1-12-10-15(13(2)24(12)18-7-5-4-6-16(18)22)20(25)23-17-11-14(21)8-9-19(17)26-3/h4-11H,1-3H3,(H,23,25). The van der Waals surface area contributed by atoms with Crippen molar-refractivity contribution in [2.45, 2.75) is 13.8 Å². The lowest BCUT2D eigenvalue weighted by molar-refractivity contribution is 0.102. The summed E-state index contributed by atoms with van der Waals surface area (Å²) in [5.41, 5.74) is 2.73. The Morgan fingerprint density at radius 3 is 2.58 bits per heavy atom. The molecule has 3 rings (SSSR count). The van der Waals surface area contributed by atoms with E-state index < -0.39 is 0 Å². The number of hydrogen-bond acceptors (Lipinski definition) is 2. The van der Waals surface area contributed by atoms with Gasteiger partial charge in [-0.05, 0) is 50.2 Å². The van der Waals surface area contributed by atoms with E-state index in [1.807, 2.05) is 6.92 Å². The normalized spacial score (nSPS) is 10.7. The first-order chi connectivity index (χ1) is 12.4. The Hall–Kier alpha value is -2.79. The van der Waals surface area contributed by atoms with Gasteiger partial charge in [-0.1, -0.05) is 23.7 Å². The van der Waals surface area contributed by atoms with E-state index in [0.717, 1.165) is 5.69 Å². The number of aromatic nitrogens is 1. The van der Waals surface area contributed by atoms with Gasteiger partial charge in [0.15, 0.2) is 0 Å². The number of para-hydroxylation sites is 1. The molecule has 1 amide bonds. The summed E-state index contributed by atoms with van der Waals surface area (Å²) in [7, 11) is 1.52. The van der Waals surface area contributed by atoms with Crippen LogP contribution in [0, 0.1) is 19.7 Å². The molecule has 0 radical (unpaired) electrons. The molecule has 2 aromatic carbocycles. The van der Waals surface area contributed by atoms with Gasteiger partial charge in [0, 0.05) is 16.4 Å². The smallest absolute Gasteiger partial charge is 0.257 e. The lowest BCUT2D eigenvalue weighted by atomic mass is 10.2. The summed E-state index contributed by atoms with van der Waals surface area (Å²) in [5, 5.41) is 3.29. The molecule has 0 aliphatic carbocycles. The van der Waals surface area contributed by atoms with Gasteiger partial charge >= 0.3 is 0 Å². The molecule has 1 heterocycles. The lowest BCUT2D eigenvalue weighted by Gasteiger charge is -2.12. The number of anilines is 1. The second kappa shape index (κ2) is 7.22. The molecule has 0 fully saturated rings. The first-order valence-corrected chi connectivity index (χ1v) is 8.39. The van der Waals surface area contributed by atoms with Crippen LogP contribution < -0.4 is 10.1 Å². The molecule has 0 saturated carbocycles. The van der Waals surface area contributed by atoms with Crippen molar-refractivity contribution in [1.29, 1.82) is 0 Å². The van der Waals surface area contributed by atoms with Crippen LogP contribution in [0.2, 0.25) is 5.02 Å². The molecule has 134 valence electrons. The largest absolute Gasteiger partial charge is 0.495 e. The number of carbonyl (C=O) groups excluding carboxylic acids is 1. The predicted octanol–water partition coefficient (Wildman–Crippen LogP) is 5.15. The van der Waals surface area contributed by atoms with Crippen molar-refractivity contribution in [2.75, 3.05) is 12.4 Å². The van der Waals surface area contributed by atoms with Crippen LogP contribution in [0.4, 0.5) is 10.1 Å². The summed E-state index contributed by atoms with van der Waals surface area (Å²) in [5.74, 6) is -0.162. The minimum absolute atomic E-state index is 0.318. The van der Waals surface area contributed by atoms with Gasteiger partial charge in [-0.25, -0.2) is 4.39 Å². The van der Waals surface area contributed by atoms with Crippen molar-refractivity contribution < 1.29 is 13.9 Å². The van der Waals surface area contributed by atoms with Crippen molar-refractivity contribution in [3.8, 4) is 11.4 Å². The molecule has 0 saturated heterocycles. The number of hydrogen-bond donors (Lipinski definition) is 1. The fourth-order valence-corrected chi connectivity index (χ4v) is 3.14. The van der Waals surface area contributed by atoms with Crippen LogP contribution in [0.5, 0.6) is 5.75 Å². The first kappa shape index (κ1) is 18.0. The molecule has 6 heteroatoms. The third-order valence-corrected chi connectivity index (χ3v) is 4.41. The maximum Gasteiger partial charge on any atom is 0.257 e. The van der Waals surface area contributed by atoms with Crippen LogP contribution in [0.1, 0.15) is 21.7 Å². The van der Waals surface area contributed by atoms with Crippen molar-refractivity contribution in [2.24, 2.45) is 0 Å².